The van der Waals surface area contributed by atoms with E-state index in [2.05, 4.69) is 11.4 Å². The van der Waals surface area contributed by atoms with Gasteiger partial charge < -0.3 is 9.84 Å². The van der Waals surface area contributed by atoms with Gasteiger partial charge in [0, 0.05) is 6.04 Å². The van der Waals surface area contributed by atoms with Crippen LogP contribution in [0.1, 0.15) is 30.1 Å². The minimum Gasteiger partial charge on any atom is -0.504 e. The van der Waals surface area contributed by atoms with Gasteiger partial charge in [0.15, 0.2) is 11.5 Å². The number of nitriles is 1. The number of hydrogen-bond acceptors (Lipinski definition) is 4. The lowest BCUT2D eigenvalue weighted by atomic mass is 10.0. The fraction of sp³-hybridized carbons (Fsp3) is 0.235. The van der Waals surface area contributed by atoms with Crippen LogP contribution in [0.15, 0.2) is 48.5 Å². The van der Waals surface area contributed by atoms with Crippen LogP contribution in [0.3, 0.4) is 0 Å². The van der Waals surface area contributed by atoms with Gasteiger partial charge >= 0.3 is 0 Å². The number of phenols is 1. The van der Waals surface area contributed by atoms with Gasteiger partial charge in [-0.25, -0.2) is 0 Å². The van der Waals surface area contributed by atoms with Crippen molar-refractivity contribution in [3.63, 3.8) is 0 Å². The molecule has 4 nitrogen and oxygen atoms in total. The van der Waals surface area contributed by atoms with E-state index in [4.69, 9.17) is 4.74 Å². The Kier molecular flexibility index (Phi) is 4.81. The van der Waals surface area contributed by atoms with Gasteiger partial charge in [0.25, 0.3) is 0 Å². The highest BCUT2D eigenvalue weighted by Gasteiger charge is 2.16. The standard InChI is InChI=1S/C17H18N2O2/c1-12(13-6-4-3-5-7-13)19-15(11-18)14-8-9-16(20)17(10-14)21-2/h3-10,12,15,19-20H,1-2H3. The molecule has 2 rings (SSSR count). The van der Waals surface area contributed by atoms with Crippen LogP contribution in [0.4, 0.5) is 0 Å². The van der Waals surface area contributed by atoms with E-state index < -0.39 is 6.04 Å². The summed E-state index contributed by atoms with van der Waals surface area (Å²) in [6, 6.07) is 16.7. The molecule has 4 heteroatoms. The van der Waals surface area contributed by atoms with Crippen LogP contribution in [0.5, 0.6) is 11.5 Å². The highest BCUT2D eigenvalue weighted by Crippen LogP contribution is 2.29. The maximum Gasteiger partial charge on any atom is 0.160 e. The van der Waals surface area contributed by atoms with Crippen molar-refractivity contribution in [1.82, 2.24) is 5.32 Å². The summed E-state index contributed by atoms with van der Waals surface area (Å²) in [4.78, 5) is 0. The number of benzene rings is 2. The number of aromatic hydroxyl groups is 1. The predicted octanol–water partition coefficient (Wildman–Crippen LogP) is 3.32. The smallest absolute Gasteiger partial charge is 0.160 e. The highest BCUT2D eigenvalue weighted by molar-refractivity contribution is 5.43. The summed E-state index contributed by atoms with van der Waals surface area (Å²) in [5.41, 5.74) is 1.87. The zero-order valence-corrected chi connectivity index (χ0v) is 12.1. The Labute approximate surface area is 124 Å². The number of hydrogen-bond donors (Lipinski definition) is 2. The number of nitrogens with zero attached hydrogens (tertiary/aromatic N) is 1. The molecule has 21 heavy (non-hydrogen) atoms. The zero-order valence-electron chi connectivity index (χ0n) is 12.1. The van der Waals surface area contributed by atoms with Gasteiger partial charge in [-0.2, -0.15) is 5.26 Å². The van der Waals surface area contributed by atoms with E-state index in [9.17, 15) is 10.4 Å². The molecular formula is C17H18N2O2. The quantitative estimate of drug-likeness (QED) is 0.883. The van der Waals surface area contributed by atoms with E-state index in [-0.39, 0.29) is 11.8 Å². The van der Waals surface area contributed by atoms with Crippen LogP contribution in [-0.2, 0) is 0 Å². The average molecular weight is 282 g/mol. The van der Waals surface area contributed by atoms with Crippen molar-refractivity contribution in [3.8, 4) is 17.6 Å². The number of nitrogens with one attached hydrogen (secondary N) is 1. The monoisotopic (exact) mass is 282 g/mol. The topological polar surface area (TPSA) is 65.3 Å². The lowest BCUT2D eigenvalue weighted by molar-refractivity contribution is 0.372. The van der Waals surface area contributed by atoms with Crippen molar-refractivity contribution >= 4 is 0 Å². The lowest BCUT2D eigenvalue weighted by Crippen LogP contribution is -2.23. The van der Waals surface area contributed by atoms with Crippen LogP contribution in [0, 0.1) is 11.3 Å². The van der Waals surface area contributed by atoms with Gasteiger partial charge in [0.2, 0.25) is 0 Å². The van der Waals surface area contributed by atoms with Gasteiger partial charge in [-0.15, -0.1) is 0 Å². The summed E-state index contributed by atoms with van der Waals surface area (Å²) >= 11 is 0. The largest absolute Gasteiger partial charge is 0.504 e. The number of ether oxygens (including phenoxy) is 1. The van der Waals surface area contributed by atoms with E-state index in [0.29, 0.717) is 5.75 Å². The predicted molar refractivity (Wildman–Crippen MR) is 81.0 cm³/mol. The SMILES string of the molecule is COc1cc(C(C#N)NC(C)c2ccccc2)ccc1O. The molecule has 0 fully saturated rings. The zero-order chi connectivity index (χ0) is 15.2. The maximum absolute atomic E-state index is 9.62. The molecule has 0 saturated carbocycles. The Hall–Kier alpha value is -2.51. The molecule has 0 aliphatic carbocycles. The first-order chi connectivity index (χ1) is 10.2. The summed E-state index contributed by atoms with van der Waals surface area (Å²) in [5.74, 6) is 0.427. The Balaban J connectivity index is 2.19. The van der Waals surface area contributed by atoms with Crippen molar-refractivity contribution < 1.29 is 9.84 Å². The number of methoxy groups -OCH3 is 1. The minimum absolute atomic E-state index is 0.0376. The Morgan fingerprint density at radius 3 is 2.48 bits per heavy atom. The van der Waals surface area contributed by atoms with Crippen LogP contribution >= 0.6 is 0 Å². The first kappa shape index (κ1) is 14.9. The third kappa shape index (κ3) is 3.53. The minimum atomic E-state index is -0.477. The van der Waals surface area contributed by atoms with Crippen molar-refractivity contribution in [2.75, 3.05) is 7.11 Å². The van der Waals surface area contributed by atoms with E-state index in [1.807, 2.05) is 37.3 Å². The van der Waals surface area contributed by atoms with Crippen LogP contribution < -0.4 is 10.1 Å². The first-order valence-corrected chi connectivity index (χ1v) is 6.73. The molecule has 0 aliphatic rings. The molecule has 0 radical (unpaired) electrons. The summed E-state index contributed by atoms with van der Waals surface area (Å²) < 4.78 is 5.08. The fourth-order valence-corrected chi connectivity index (χ4v) is 2.17. The van der Waals surface area contributed by atoms with E-state index in [1.165, 1.54) is 13.2 Å². The van der Waals surface area contributed by atoms with Gasteiger partial charge in [-0.05, 0) is 30.2 Å². The van der Waals surface area contributed by atoms with Gasteiger partial charge in [0.1, 0.15) is 6.04 Å². The van der Waals surface area contributed by atoms with Crippen molar-refractivity contribution in [1.29, 1.82) is 5.26 Å². The molecule has 0 aliphatic heterocycles. The molecule has 0 spiro atoms. The van der Waals surface area contributed by atoms with Gasteiger partial charge in [0.05, 0.1) is 13.2 Å². The molecule has 2 atom stereocenters. The van der Waals surface area contributed by atoms with Crippen molar-refractivity contribution in [2.24, 2.45) is 0 Å². The Morgan fingerprint density at radius 2 is 1.86 bits per heavy atom. The molecule has 108 valence electrons. The Bertz CT molecular complexity index is 635. The molecule has 0 saturated heterocycles. The Morgan fingerprint density at radius 1 is 1.14 bits per heavy atom. The van der Waals surface area contributed by atoms with Crippen molar-refractivity contribution in [2.45, 2.75) is 19.0 Å². The molecule has 2 aromatic rings. The third-order valence-corrected chi connectivity index (χ3v) is 3.38. The lowest BCUT2D eigenvalue weighted by Gasteiger charge is -2.19. The summed E-state index contributed by atoms with van der Waals surface area (Å²) in [6.45, 7) is 2.01. The van der Waals surface area contributed by atoms with Crippen molar-refractivity contribution in [3.05, 3.63) is 59.7 Å². The number of rotatable bonds is 5. The molecule has 2 aromatic carbocycles. The van der Waals surface area contributed by atoms with Gasteiger partial charge in [-0.1, -0.05) is 36.4 Å². The van der Waals surface area contributed by atoms with E-state index in [0.717, 1.165) is 11.1 Å². The van der Waals surface area contributed by atoms with Crippen LogP contribution in [0.25, 0.3) is 0 Å². The summed E-state index contributed by atoms with van der Waals surface area (Å²) in [6.07, 6.45) is 0. The van der Waals surface area contributed by atoms with Gasteiger partial charge in [-0.3, -0.25) is 5.32 Å². The molecule has 2 unspecified atom stereocenters. The normalized spacial score (nSPS) is 13.2. The van der Waals surface area contributed by atoms with Crippen LogP contribution in [-0.4, -0.2) is 12.2 Å². The van der Waals surface area contributed by atoms with Crippen LogP contribution in [0.2, 0.25) is 0 Å². The first-order valence-electron chi connectivity index (χ1n) is 6.73. The second-order valence-corrected chi connectivity index (χ2v) is 4.79. The molecule has 0 amide bonds. The summed E-state index contributed by atoms with van der Waals surface area (Å²) in [5, 5.41) is 22.3. The molecule has 0 aromatic heterocycles. The molecule has 0 heterocycles. The van der Waals surface area contributed by atoms with E-state index in [1.54, 1.807) is 12.1 Å². The third-order valence-electron chi connectivity index (χ3n) is 3.38. The second kappa shape index (κ2) is 6.78. The number of phenolic OH excluding ortho intramolecular Hbond substituents is 1. The average Bonchev–Trinajstić information content (AvgIpc) is 2.54. The van der Waals surface area contributed by atoms with E-state index >= 15 is 0 Å². The maximum atomic E-state index is 9.62. The molecular weight excluding hydrogens is 264 g/mol. The highest BCUT2D eigenvalue weighted by atomic mass is 16.5. The molecule has 2 N–H and O–H groups in total. The summed E-state index contributed by atoms with van der Waals surface area (Å²) in [7, 11) is 1.49. The second-order valence-electron chi connectivity index (χ2n) is 4.79. The molecule has 0 bridgehead atoms. The fourth-order valence-electron chi connectivity index (χ4n) is 2.17.